The molecule has 2 aliphatic heterocycles. The van der Waals surface area contributed by atoms with Gasteiger partial charge in [-0.25, -0.2) is 19.7 Å². The van der Waals surface area contributed by atoms with E-state index in [-0.39, 0.29) is 5.91 Å². The molecule has 2 aliphatic rings. The largest absolute Gasteiger partial charge is 0.487 e. The van der Waals surface area contributed by atoms with Crippen molar-refractivity contribution >= 4 is 79.3 Å². The van der Waals surface area contributed by atoms with Gasteiger partial charge in [-0.2, -0.15) is 0 Å². The lowest BCUT2D eigenvalue weighted by molar-refractivity contribution is 0.103. The predicted molar refractivity (Wildman–Crippen MR) is 172 cm³/mol. The van der Waals surface area contributed by atoms with Crippen molar-refractivity contribution in [3.05, 3.63) is 86.6 Å². The minimum Gasteiger partial charge on any atom is -0.487 e. The highest BCUT2D eigenvalue weighted by Gasteiger charge is 2.34. The van der Waals surface area contributed by atoms with Crippen molar-refractivity contribution < 1.29 is 14.3 Å². The van der Waals surface area contributed by atoms with Gasteiger partial charge in [-0.3, -0.25) is 9.69 Å². The van der Waals surface area contributed by atoms with E-state index in [0.29, 0.717) is 55.4 Å². The van der Waals surface area contributed by atoms with E-state index < -0.39 is 6.03 Å². The highest BCUT2D eigenvalue weighted by molar-refractivity contribution is 7.21. The van der Waals surface area contributed by atoms with Gasteiger partial charge in [-0.05, 0) is 73.3 Å². The number of halogens is 1. The molecule has 1 saturated heterocycles. The monoisotopic (exact) mass is 630 g/mol. The molecule has 9 nitrogen and oxygen atoms in total. The first-order chi connectivity index (χ1) is 21.0. The van der Waals surface area contributed by atoms with Gasteiger partial charge >= 0.3 is 6.03 Å². The zero-order valence-corrected chi connectivity index (χ0v) is 25.4. The van der Waals surface area contributed by atoms with Crippen LogP contribution >= 0.6 is 34.3 Å². The number of ether oxygens (including phenoxy) is 1. The van der Waals surface area contributed by atoms with Crippen molar-refractivity contribution in [3.63, 3.8) is 0 Å². The number of likely N-dealkylation sites (tertiary alicyclic amines) is 1. The molecule has 5 aromatic rings. The van der Waals surface area contributed by atoms with Crippen LogP contribution in [0.4, 0.5) is 27.7 Å². The highest BCUT2D eigenvalue weighted by atomic mass is 35.5. The van der Waals surface area contributed by atoms with Gasteiger partial charge in [0, 0.05) is 17.1 Å². The number of aromatic nitrogens is 2. The number of amides is 3. The highest BCUT2D eigenvalue weighted by Crippen LogP contribution is 2.45. The van der Waals surface area contributed by atoms with E-state index in [0.717, 1.165) is 24.5 Å². The summed E-state index contributed by atoms with van der Waals surface area (Å²) in [6.45, 7) is 3.57. The molecule has 5 heterocycles. The maximum Gasteiger partial charge on any atom is 0.332 e. The summed E-state index contributed by atoms with van der Waals surface area (Å²) in [5.74, 6) is 0.569. The first-order valence-electron chi connectivity index (χ1n) is 14.0. The Labute approximate surface area is 261 Å². The van der Waals surface area contributed by atoms with Crippen LogP contribution in [0.3, 0.4) is 0 Å². The molecule has 7 rings (SSSR count). The summed E-state index contributed by atoms with van der Waals surface area (Å²) in [5.41, 5.74) is 2.81. The van der Waals surface area contributed by atoms with E-state index in [4.69, 9.17) is 16.3 Å². The quantitative estimate of drug-likeness (QED) is 0.181. The molecular weight excluding hydrogens is 604 g/mol. The molecule has 0 spiro atoms. The van der Waals surface area contributed by atoms with Crippen LogP contribution in [0, 0.1) is 0 Å². The molecule has 0 aliphatic carbocycles. The van der Waals surface area contributed by atoms with E-state index in [1.54, 1.807) is 29.5 Å². The van der Waals surface area contributed by atoms with Crippen LogP contribution < -0.4 is 20.3 Å². The predicted octanol–water partition coefficient (Wildman–Crippen LogP) is 7.91. The lowest BCUT2D eigenvalue weighted by atomic mass is 10.1. The number of thiophene rings is 2. The molecular formula is C31H27ClN6O3S2. The van der Waals surface area contributed by atoms with E-state index in [1.165, 1.54) is 47.4 Å². The zero-order chi connectivity index (χ0) is 29.3. The van der Waals surface area contributed by atoms with Gasteiger partial charge in [0.1, 0.15) is 28.4 Å². The average Bonchev–Trinajstić information content (AvgIpc) is 3.67. The number of benzene rings is 2. The zero-order valence-electron chi connectivity index (χ0n) is 23.0. The van der Waals surface area contributed by atoms with E-state index >= 15 is 0 Å². The SMILES string of the molecule is O=C(Nc1ccc(CN2CCCCC2)cc1)c1sc2ncnc3c2c1NC(=O)N3c1ccc(OCc2cccs2)c(Cl)c1. The molecule has 0 atom stereocenters. The average molecular weight is 631 g/mol. The number of hydrogen-bond acceptors (Lipinski definition) is 8. The van der Waals surface area contributed by atoms with Crippen molar-refractivity contribution in [1.29, 1.82) is 0 Å². The number of piperidine rings is 1. The Morgan fingerprint density at radius 2 is 1.91 bits per heavy atom. The third-order valence-electron chi connectivity index (χ3n) is 7.51. The molecule has 1 fully saturated rings. The van der Waals surface area contributed by atoms with Crippen LogP contribution in [0.2, 0.25) is 5.02 Å². The number of carbonyl (C=O) groups excluding carboxylic acids is 2. The second kappa shape index (κ2) is 11.9. The van der Waals surface area contributed by atoms with Crippen molar-refractivity contribution in [3.8, 4) is 5.75 Å². The summed E-state index contributed by atoms with van der Waals surface area (Å²) in [4.78, 5) is 41.6. The second-order valence-electron chi connectivity index (χ2n) is 10.4. The van der Waals surface area contributed by atoms with Gasteiger partial charge in [0.2, 0.25) is 0 Å². The Bertz CT molecular complexity index is 1800. The van der Waals surface area contributed by atoms with Crippen LogP contribution in [0.15, 0.2) is 66.3 Å². The lowest BCUT2D eigenvalue weighted by Crippen LogP contribution is -2.35. The van der Waals surface area contributed by atoms with Gasteiger partial charge in [-0.15, -0.1) is 22.7 Å². The van der Waals surface area contributed by atoms with Gasteiger partial charge in [0.25, 0.3) is 5.91 Å². The smallest absolute Gasteiger partial charge is 0.332 e. The fourth-order valence-electron chi connectivity index (χ4n) is 5.41. The molecule has 43 heavy (non-hydrogen) atoms. The molecule has 12 heteroatoms. The third kappa shape index (κ3) is 5.68. The van der Waals surface area contributed by atoms with Crippen molar-refractivity contribution in [2.75, 3.05) is 28.6 Å². The fourth-order valence-corrected chi connectivity index (χ4v) is 7.24. The maximum absolute atomic E-state index is 13.5. The van der Waals surface area contributed by atoms with Crippen LogP contribution in [0.5, 0.6) is 5.75 Å². The van der Waals surface area contributed by atoms with Gasteiger partial charge < -0.3 is 15.4 Å². The van der Waals surface area contributed by atoms with Crippen molar-refractivity contribution in [2.45, 2.75) is 32.4 Å². The molecule has 3 amide bonds. The Morgan fingerprint density at radius 3 is 2.67 bits per heavy atom. The standard InChI is InChI=1S/C31H27ClN6O3S2/c32-23-15-21(10-11-24(23)41-17-22-5-4-14-42-22)38-28-25-26(36-31(38)40)27(43-30(25)34-18-33-28)29(39)35-20-8-6-19(7-9-20)16-37-12-2-1-3-13-37/h4-11,14-15,18H,1-3,12-13,16-17H2,(H,35,39)(H,36,40). The Morgan fingerprint density at radius 1 is 1.07 bits per heavy atom. The number of nitrogens with zero attached hydrogens (tertiary/aromatic N) is 4. The Hall–Kier alpha value is -4.03. The molecule has 3 aromatic heterocycles. The number of anilines is 4. The van der Waals surface area contributed by atoms with Crippen LogP contribution in [0.25, 0.3) is 10.2 Å². The molecule has 0 radical (unpaired) electrons. The first-order valence-corrected chi connectivity index (χ1v) is 16.1. The Kier molecular flexibility index (Phi) is 7.70. The van der Waals surface area contributed by atoms with Crippen molar-refractivity contribution in [2.24, 2.45) is 0 Å². The molecule has 218 valence electrons. The van der Waals surface area contributed by atoms with Crippen LogP contribution in [-0.4, -0.2) is 39.9 Å². The molecule has 0 unspecified atom stereocenters. The van der Waals surface area contributed by atoms with E-state index in [9.17, 15) is 9.59 Å². The minimum atomic E-state index is -0.453. The number of rotatable bonds is 8. The third-order valence-corrected chi connectivity index (χ3v) is 9.75. The first kappa shape index (κ1) is 27.8. The summed E-state index contributed by atoms with van der Waals surface area (Å²) >= 11 is 9.37. The number of hydrogen-bond donors (Lipinski definition) is 2. The fraction of sp³-hybridized carbons (Fsp3) is 0.226. The molecule has 2 N–H and O–H groups in total. The van der Waals surface area contributed by atoms with E-state index in [2.05, 4.69) is 25.5 Å². The van der Waals surface area contributed by atoms with Gasteiger partial charge in [0.15, 0.2) is 5.82 Å². The summed E-state index contributed by atoms with van der Waals surface area (Å²) in [6.07, 6.45) is 5.20. The summed E-state index contributed by atoms with van der Waals surface area (Å²) < 4.78 is 5.87. The lowest BCUT2D eigenvalue weighted by Gasteiger charge is -2.27. The van der Waals surface area contributed by atoms with Crippen LogP contribution in [-0.2, 0) is 13.2 Å². The summed E-state index contributed by atoms with van der Waals surface area (Å²) in [6, 6.07) is 16.6. The van der Waals surface area contributed by atoms with Gasteiger partial charge in [-0.1, -0.05) is 36.2 Å². The molecule has 0 bridgehead atoms. The normalized spacial score (nSPS) is 15.0. The molecule has 2 aromatic carbocycles. The summed E-state index contributed by atoms with van der Waals surface area (Å²) in [5, 5.41) is 8.83. The topological polar surface area (TPSA) is 99.7 Å². The minimum absolute atomic E-state index is 0.322. The Balaban J connectivity index is 1.11. The summed E-state index contributed by atoms with van der Waals surface area (Å²) in [7, 11) is 0. The van der Waals surface area contributed by atoms with Crippen molar-refractivity contribution in [1.82, 2.24) is 14.9 Å². The second-order valence-corrected chi connectivity index (χ2v) is 12.9. The molecule has 0 saturated carbocycles. The number of carbonyl (C=O) groups is 2. The number of urea groups is 1. The maximum atomic E-state index is 13.5. The van der Waals surface area contributed by atoms with Gasteiger partial charge in [0.05, 0.1) is 21.8 Å². The van der Waals surface area contributed by atoms with Crippen LogP contribution in [0.1, 0.15) is 39.4 Å². The number of nitrogens with one attached hydrogen (secondary N) is 2. The van der Waals surface area contributed by atoms with E-state index in [1.807, 2.05) is 41.8 Å².